The Morgan fingerprint density at radius 2 is 1.58 bits per heavy atom. The minimum absolute atomic E-state index is 0.0312. The number of benzene rings is 2. The standard InChI is InChI=1S/C19H20N2O3/c1-13-5-3-4-6-16(13)11-18(23)20-12-19(24)21-17-9-7-15(8-10-17)14(2)22/h3-10H,11-12H2,1-2H3,(H,20,23)(H,21,24). The van der Waals surface area contributed by atoms with E-state index in [1.165, 1.54) is 6.92 Å². The Labute approximate surface area is 141 Å². The molecule has 2 aromatic rings. The number of carbonyl (C=O) groups is 3. The Morgan fingerprint density at radius 3 is 2.21 bits per heavy atom. The van der Waals surface area contributed by atoms with Gasteiger partial charge in [-0.2, -0.15) is 0 Å². The largest absolute Gasteiger partial charge is 0.347 e. The van der Waals surface area contributed by atoms with Crippen LogP contribution in [0.4, 0.5) is 5.69 Å². The lowest BCUT2D eigenvalue weighted by molar-refractivity contribution is -0.123. The predicted molar refractivity (Wildman–Crippen MR) is 93.0 cm³/mol. The van der Waals surface area contributed by atoms with E-state index in [9.17, 15) is 14.4 Å². The number of ketones is 1. The number of nitrogens with one attached hydrogen (secondary N) is 2. The lowest BCUT2D eigenvalue weighted by atomic mass is 10.1. The fourth-order valence-electron chi connectivity index (χ4n) is 2.22. The number of carbonyl (C=O) groups excluding carboxylic acids is 3. The highest BCUT2D eigenvalue weighted by Gasteiger charge is 2.08. The van der Waals surface area contributed by atoms with Gasteiger partial charge in [-0.25, -0.2) is 0 Å². The van der Waals surface area contributed by atoms with Crippen LogP contribution in [0.5, 0.6) is 0 Å². The second-order valence-electron chi connectivity index (χ2n) is 5.56. The van der Waals surface area contributed by atoms with Crippen LogP contribution in [0.1, 0.15) is 28.4 Å². The first-order valence-electron chi connectivity index (χ1n) is 7.68. The molecule has 5 nitrogen and oxygen atoms in total. The highest BCUT2D eigenvalue weighted by Crippen LogP contribution is 2.10. The Hall–Kier alpha value is -2.95. The number of hydrogen-bond acceptors (Lipinski definition) is 3. The second kappa shape index (κ2) is 8.06. The van der Waals surface area contributed by atoms with Gasteiger partial charge in [0.1, 0.15) is 0 Å². The van der Waals surface area contributed by atoms with Crippen molar-refractivity contribution >= 4 is 23.3 Å². The highest BCUT2D eigenvalue weighted by atomic mass is 16.2. The zero-order valence-electron chi connectivity index (χ0n) is 13.8. The molecule has 0 aliphatic rings. The summed E-state index contributed by atoms with van der Waals surface area (Å²) < 4.78 is 0. The van der Waals surface area contributed by atoms with Gasteiger partial charge in [-0.05, 0) is 49.2 Å². The van der Waals surface area contributed by atoms with Crippen molar-refractivity contribution in [2.75, 3.05) is 11.9 Å². The maximum Gasteiger partial charge on any atom is 0.243 e. The van der Waals surface area contributed by atoms with Crippen molar-refractivity contribution < 1.29 is 14.4 Å². The predicted octanol–water partition coefficient (Wildman–Crippen LogP) is 2.50. The Balaban J connectivity index is 1.81. The lowest BCUT2D eigenvalue weighted by Gasteiger charge is -2.08. The van der Waals surface area contributed by atoms with E-state index in [0.717, 1.165) is 11.1 Å². The third-order valence-electron chi connectivity index (χ3n) is 3.63. The van der Waals surface area contributed by atoms with Crippen molar-refractivity contribution in [3.05, 3.63) is 65.2 Å². The van der Waals surface area contributed by atoms with Gasteiger partial charge in [-0.3, -0.25) is 14.4 Å². The van der Waals surface area contributed by atoms with Crippen molar-refractivity contribution in [1.82, 2.24) is 5.32 Å². The fourth-order valence-corrected chi connectivity index (χ4v) is 2.22. The third kappa shape index (κ3) is 5.05. The summed E-state index contributed by atoms with van der Waals surface area (Å²) in [7, 11) is 0. The zero-order valence-corrected chi connectivity index (χ0v) is 13.8. The van der Waals surface area contributed by atoms with E-state index >= 15 is 0 Å². The van der Waals surface area contributed by atoms with Crippen molar-refractivity contribution in [3.63, 3.8) is 0 Å². The maximum absolute atomic E-state index is 11.9. The molecule has 0 unspecified atom stereocenters. The molecule has 0 saturated carbocycles. The van der Waals surface area contributed by atoms with E-state index in [1.807, 2.05) is 31.2 Å². The summed E-state index contributed by atoms with van der Waals surface area (Å²) in [5, 5.41) is 5.28. The molecule has 2 amide bonds. The van der Waals surface area contributed by atoms with Crippen molar-refractivity contribution in [3.8, 4) is 0 Å². The molecule has 124 valence electrons. The van der Waals surface area contributed by atoms with Gasteiger partial charge in [0, 0.05) is 11.3 Å². The van der Waals surface area contributed by atoms with E-state index in [2.05, 4.69) is 10.6 Å². The molecule has 0 bridgehead atoms. The van der Waals surface area contributed by atoms with E-state index in [-0.39, 0.29) is 30.6 Å². The van der Waals surface area contributed by atoms with E-state index in [4.69, 9.17) is 0 Å². The summed E-state index contributed by atoms with van der Waals surface area (Å²) >= 11 is 0. The molecule has 0 aliphatic carbocycles. The molecule has 2 rings (SSSR count). The molecule has 0 heterocycles. The average Bonchev–Trinajstić information content (AvgIpc) is 2.55. The monoisotopic (exact) mass is 324 g/mol. The molecular weight excluding hydrogens is 304 g/mol. The minimum Gasteiger partial charge on any atom is -0.347 e. The maximum atomic E-state index is 11.9. The molecule has 24 heavy (non-hydrogen) atoms. The number of hydrogen-bond donors (Lipinski definition) is 2. The topological polar surface area (TPSA) is 75.3 Å². The van der Waals surface area contributed by atoms with Crippen LogP contribution in [0, 0.1) is 6.92 Å². The van der Waals surface area contributed by atoms with Crippen molar-refractivity contribution in [1.29, 1.82) is 0 Å². The van der Waals surface area contributed by atoms with Gasteiger partial charge in [-0.1, -0.05) is 24.3 Å². The molecule has 5 heteroatoms. The Bertz CT molecular complexity index is 751. The van der Waals surface area contributed by atoms with E-state index < -0.39 is 0 Å². The summed E-state index contributed by atoms with van der Waals surface area (Å²) in [6, 6.07) is 14.2. The van der Waals surface area contributed by atoms with Crippen LogP contribution in [0.3, 0.4) is 0 Å². The quantitative estimate of drug-likeness (QED) is 0.802. The number of Topliss-reactive ketones (excluding diaryl/α,β-unsaturated/α-hetero) is 1. The number of amides is 2. The van der Waals surface area contributed by atoms with Crippen LogP contribution in [0.25, 0.3) is 0 Å². The Kier molecular flexibility index (Phi) is 5.84. The second-order valence-corrected chi connectivity index (χ2v) is 5.56. The Morgan fingerprint density at radius 1 is 0.917 bits per heavy atom. The summed E-state index contributed by atoms with van der Waals surface area (Å²) in [5.74, 6) is -0.550. The van der Waals surface area contributed by atoms with Crippen LogP contribution in [-0.4, -0.2) is 24.1 Å². The first-order valence-corrected chi connectivity index (χ1v) is 7.68. The lowest BCUT2D eigenvalue weighted by Crippen LogP contribution is -2.33. The van der Waals surface area contributed by atoms with Crippen LogP contribution in [0.15, 0.2) is 48.5 Å². The van der Waals surface area contributed by atoms with Gasteiger partial charge < -0.3 is 10.6 Å². The first kappa shape index (κ1) is 17.4. The summed E-state index contributed by atoms with van der Waals surface area (Å²) in [5.41, 5.74) is 3.15. The number of rotatable bonds is 6. The van der Waals surface area contributed by atoms with Gasteiger partial charge in [-0.15, -0.1) is 0 Å². The summed E-state index contributed by atoms with van der Waals surface area (Å²) in [4.78, 5) is 35.0. The molecule has 0 radical (unpaired) electrons. The average molecular weight is 324 g/mol. The van der Waals surface area contributed by atoms with E-state index in [0.29, 0.717) is 11.3 Å². The van der Waals surface area contributed by atoms with Crippen molar-refractivity contribution in [2.45, 2.75) is 20.3 Å². The molecular formula is C19H20N2O3. The van der Waals surface area contributed by atoms with Gasteiger partial charge in [0.15, 0.2) is 5.78 Å². The molecule has 2 N–H and O–H groups in total. The third-order valence-corrected chi connectivity index (χ3v) is 3.63. The molecule has 0 atom stereocenters. The van der Waals surface area contributed by atoms with Crippen LogP contribution < -0.4 is 10.6 Å². The van der Waals surface area contributed by atoms with Gasteiger partial charge in [0.25, 0.3) is 0 Å². The molecule has 0 spiro atoms. The van der Waals surface area contributed by atoms with Gasteiger partial charge in [0.2, 0.25) is 11.8 Å². The smallest absolute Gasteiger partial charge is 0.243 e. The van der Waals surface area contributed by atoms with Crippen LogP contribution in [0.2, 0.25) is 0 Å². The normalized spacial score (nSPS) is 10.1. The summed E-state index contributed by atoms with van der Waals surface area (Å²) in [6.45, 7) is 3.33. The fraction of sp³-hybridized carbons (Fsp3) is 0.211. The van der Waals surface area contributed by atoms with E-state index in [1.54, 1.807) is 24.3 Å². The molecule has 0 saturated heterocycles. The summed E-state index contributed by atoms with van der Waals surface area (Å²) in [6.07, 6.45) is 0.243. The molecule has 0 aliphatic heterocycles. The number of aryl methyl sites for hydroxylation is 1. The minimum atomic E-state index is -0.316. The molecule has 2 aromatic carbocycles. The molecule has 0 fully saturated rings. The first-order chi connectivity index (χ1) is 11.5. The van der Waals surface area contributed by atoms with Crippen LogP contribution in [-0.2, 0) is 16.0 Å². The number of anilines is 1. The zero-order chi connectivity index (χ0) is 17.5. The molecule has 0 aromatic heterocycles. The SMILES string of the molecule is CC(=O)c1ccc(NC(=O)CNC(=O)Cc2ccccc2C)cc1. The highest BCUT2D eigenvalue weighted by molar-refractivity contribution is 5.97. The van der Waals surface area contributed by atoms with Gasteiger partial charge in [0.05, 0.1) is 13.0 Å². The van der Waals surface area contributed by atoms with Crippen molar-refractivity contribution in [2.24, 2.45) is 0 Å². The van der Waals surface area contributed by atoms with Crippen LogP contribution >= 0.6 is 0 Å². The van der Waals surface area contributed by atoms with Gasteiger partial charge >= 0.3 is 0 Å².